The molecule has 0 saturated carbocycles. The van der Waals surface area contributed by atoms with E-state index in [4.69, 9.17) is 4.74 Å². The molecule has 0 radical (unpaired) electrons. The Kier molecular flexibility index (Phi) is 6.64. The molecular formula is C16H24O. The first kappa shape index (κ1) is 14.0. The Labute approximate surface area is 106 Å². The van der Waals surface area contributed by atoms with Gasteiger partial charge in [-0.1, -0.05) is 48.4 Å². The van der Waals surface area contributed by atoms with Crippen LogP contribution in [0.25, 0.3) is 6.08 Å². The second-order valence-corrected chi connectivity index (χ2v) is 4.65. The summed E-state index contributed by atoms with van der Waals surface area (Å²) < 4.78 is 5.22. The largest absolute Gasteiger partial charge is 0.382 e. The molecule has 1 rings (SSSR count). The molecule has 0 saturated heterocycles. The molecule has 0 aromatic heterocycles. The van der Waals surface area contributed by atoms with E-state index in [1.807, 2.05) is 0 Å². The number of hydrogen-bond donors (Lipinski definition) is 0. The molecule has 17 heavy (non-hydrogen) atoms. The molecule has 0 aliphatic rings. The van der Waals surface area contributed by atoms with E-state index in [1.165, 1.54) is 24.0 Å². The summed E-state index contributed by atoms with van der Waals surface area (Å²) in [4.78, 5) is 0. The van der Waals surface area contributed by atoms with Gasteiger partial charge < -0.3 is 4.74 Å². The van der Waals surface area contributed by atoms with Gasteiger partial charge in [0, 0.05) is 7.11 Å². The molecule has 0 fully saturated rings. The minimum Gasteiger partial charge on any atom is -0.382 e. The average molecular weight is 232 g/mol. The Morgan fingerprint density at radius 1 is 1.29 bits per heavy atom. The van der Waals surface area contributed by atoms with Crippen molar-refractivity contribution in [3.63, 3.8) is 0 Å². The van der Waals surface area contributed by atoms with Crippen LogP contribution in [-0.2, 0) is 4.74 Å². The van der Waals surface area contributed by atoms with Crippen molar-refractivity contribution in [2.24, 2.45) is 0 Å². The normalized spacial score (nSPS) is 13.1. The first-order valence-corrected chi connectivity index (χ1v) is 6.48. The van der Waals surface area contributed by atoms with Gasteiger partial charge in [0.25, 0.3) is 0 Å². The zero-order chi connectivity index (χ0) is 12.5. The third-order valence-electron chi connectivity index (χ3n) is 2.99. The summed E-state index contributed by atoms with van der Waals surface area (Å²) >= 11 is 0. The molecule has 0 amide bonds. The Morgan fingerprint density at radius 2 is 2.12 bits per heavy atom. The summed E-state index contributed by atoms with van der Waals surface area (Å²) in [6.45, 7) is 4.26. The van der Waals surface area contributed by atoms with Crippen molar-refractivity contribution >= 4 is 6.08 Å². The third kappa shape index (κ3) is 6.28. The highest BCUT2D eigenvalue weighted by atomic mass is 16.5. The fraction of sp³-hybridized carbons (Fsp3) is 0.500. The summed E-state index contributed by atoms with van der Waals surface area (Å²) in [6.07, 6.45) is 9.69. The van der Waals surface area contributed by atoms with E-state index < -0.39 is 0 Å². The van der Waals surface area contributed by atoms with Gasteiger partial charge in [-0.05, 0) is 38.7 Å². The molecule has 1 nitrogen and oxygen atoms in total. The number of unbranched alkanes of at least 4 members (excludes halogenated alkanes) is 2. The Bertz CT molecular complexity index is 341. The second kappa shape index (κ2) is 8.08. The molecule has 0 aliphatic heterocycles. The quantitative estimate of drug-likeness (QED) is 0.624. The highest BCUT2D eigenvalue weighted by Crippen LogP contribution is 2.09. The van der Waals surface area contributed by atoms with E-state index in [1.54, 1.807) is 7.11 Å². The van der Waals surface area contributed by atoms with Crippen LogP contribution in [0.2, 0.25) is 0 Å². The van der Waals surface area contributed by atoms with Crippen molar-refractivity contribution in [3.05, 3.63) is 41.5 Å². The smallest absolute Gasteiger partial charge is 0.0543 e. The van der Waals surface area contributed by atoms with Crippen LogP contribution in [0.1, 0.15) is 43.7 Å². The first-order valence-electron chi connectivity index (χ1n) is 6.48. The maximum absolute atomic E-state index is 5.22. The zero-order valence-electron chi connectivity index (χ0n) is 11.3. The molecule has 0 aliphatic carbocycles. The van der Waals surface area contributed by atoms with Crippen LogP contribution >= 0.6 is 0 Å². The van der Waals surface area contributed by atoms with E-state index >= 15 is 0 Å². The molecule has 0 unspecified atom stereocenters. The van der Waals surface area contributed by atoms with Gasteiger partial charge in [0.2, 0.25) is 0 Å². The Balaban J connectivity index is 2.18. The summed E-state index contributed by atoms with van der Waals surface area (Å²) in [6, 6.07) is 8.60. The lowest BCUT2D eigenvalue weighted by Crippen LogP contribution is -2.03. The summed E-state index contributed by atoms with van der Waals surface area (Å²) in [7, 11) is 1.78. The predicted molar refractivity (Wildman–Crippen MR) is 75.2 cm³/mol. The van der Waals surface area contributed by atoms with Gasteiger partial charge in [-0.3, -0.25) is 0 Å². The van der Waals surface area contributed by atoms with Gasteiger partial charge in [0.15, 0.2) is 0 Å². The van der Waals surface area contributed by atoms with Gasteiger partial charge in [-0.15, -0.1) is 0 Å². The molecule has 0 N–H and O–H groups in total. The molecule has 0 bridgehead atoms. The molecule has 0 heterocycles. The van der Waals surface area contributed by atoms with Crippen molar-refractivity contribution in [1.82, 2.24) is 0 Å². The van der Waals surface area contributed by atoms with E-state index in [9.17, 15) is 0 Å². The van der Waals surface area contributed by atoms with Crippen LogP contribution in [0.4, 0.5) is 0 Å². The summed E-state index contributed by atoms with van der Waals surface area (Å²) in [5, 5.41) is 0. The predicted octanol–water partition coefficient (Wildman–Crippen LogP) is 4.60. The van der Waals surface area contributed by atoms with Crippen molar-refractivity contribution in [3.8, 4) is 0 Å². The van der Waals surface area contributed by atoms with Crippen molar-refractivity contribution in [2.45, 2.75) is 45.6 Å². The number of hydrogen-bond acceptors (Lipinski definition) is 1. The van der Waals surface area contributed by atoms with Crippen LogP contribution in [-0.4, -0.2) is 13.2 Å². The van der Waals surface area contributed by atoms with Crippen molar-refractivity contribution in [1.29, 1.82) is 0 Å². The van der Waals surface area contributed by atoms with Crippen LogP contribution in [0.3, 0.4) is 0 Å². The number of methoxy groups -OCH3 is 1. The van der Waals surface area contributed by atoms with Gasteiger partial charge in [-0.2, -0.15) is 0 Å². The molecular weight excluding hydrogens is 208 g/mol. The van der Waals surface area contributed by atoms with Crippen LogP contribution in [0.5, 0.6) is 0 Å². The number of ether oxygens (including phenoxy) is 1. The van der Waals surface area contributed by atoms with Crippen LogP contribution in [0.15, 0.2) is 30.3 Å². The summed E-state index contributed by atoms with van der Waals surface area (Å²) in [5.41, 5.74) is 2.62. The lowest BCUT2D eigenvalue weighted by atomic mass is 10.1. The topological polar surface area (TPSA) is 9.23 Å². The van der Waals surface area contributed by atoms with Gasteiger partial charge in [0.1, 0.15) is 0 Å². The number of benzene rings is 1. The van der Waals surface area contributed by atoms with E-state index in [0.29, 0.717) is 6.10 Å². The molecule has 1 atom stereocenters. The second-order valence-electron chi connectivity index (χ2n) is 4.65. The molecule has 1 aromatic carbocycles. The fourth-order valence-electron chi connectivity index (χ4n) is 1.81. The minimum atomic E-state index is 0.399. The maximum atomic E-state index is 5.22. The van der Waals surface area contributed by atoms with Crippen LogP contribution in [0, 0.1) is 6.92 Å². The summed E-state index contributed by atoms with van der Waals surface area (Å²) in [5.74, 6) is 0. The molecule has 94 valence electrons. The molecule has 1 heteroatoms. The Hall–Kier alpha value is -1.08. The van der Waals surface area contributed by atoms with E-state index in [2.05, 4.69) is 50.3 Å². The lowest BCUT2D eigenvalue weighted by molar-refractivity contribution is 0.108. The molecule has 1 aromatic rings. The lowest BCUT2D eigenvalue weighted by Gasteiger charge is -2.07. The standard InChI is InChI=1S/C16H24O/c1-14-9-8-12-16(13-14)11-7-5-4-6-10-15(2)17-3/h7-9,11-13,15H,4-6,10H2,1-3H3/b11-7+/t15-/m1/s1. The molecule has 0 spiro atoms. The van der Waals surface area contributed by atoms with Gasteiger partial charge in [0.05, 0.1) is 6.10 Å². The van der Waals surface area contributed by atoms with Gasteiger partial charge >= 0.3 is 0 Å². The monoisotopic (exact) mass is 232 g/mol. The first-order chi connectivity index (χ1) is 8.22. The minimum absolute atomic E-state index is 0.399. The highest BCUT2D eigenvalue weighted by Gasteiger charge is 1.97. The number of allylic oxidation sites excluding steroid dienone is 1. The number of aryl methyl sites for hydroxylation is 1. The van der Waals surface area contributed by atoms with E-state index in [-0.39, 0.29) is 0 Å². The zero-order valence-corrected chi connectivity index (χ0v) is 11.3. The van der Waals surface area contributed by atoms with Crippen LogP contribution < -0.4 is 0 Å². The van der Waals surface area contributed by atoms with E-state index in [0.717, 1.165) is 12.8 Å². The SMILES string of the molecule is CO[C@H](C)CCCC/C=C/c1cccc(C)c1. The fourth-order valence-corrected chi connectivity index (χ4v) is 1.81. The average Bonchev–Trinajstić information content (AvgIpc) is 2.33. The van der Waals surface area contributed by atoms with Crippen molar-refractivity contribution in [2.75, 3.05) is 7.11 Å². The Morgan fingerprint density at radius 3 is 2.82 bits per heavy atom. The third-order valence-corrected chi connectivity index (χ3v) is 2.99. The maximum Gasteiger partial charge on any atom is 0.0543 e. The van der Waals surface area contributed by atoms with Gasteiger partial charge in [-0.25, -0.2) is 0 Å². The van der Waals surface area contributed by atoms with Crippen molar-refractivity contribution < 1.29 is 4.74 Å². The number of rotatable bonds is 7. The highest BCUT2D eigenvalue weighted by molar-refractivity contribution is 5.49.